The molecule has 0 radical (unpaired) electrons. The molecule has 1 aliphatic carbocycles. The molecule has 0 aliphatic heterocycles. The molecule has 40 heavy (non-hydrogen) atoms. The molecule has 0 bridgehead atoms. The number of aromatic nitrogens is 3. The number of ether oxygens (including phenoxy) is 1. The molecule has 1 aromatic carbocycles. The minimum atomic E-state index is -2.72. The Morgan fingerprint density at radius 3 is 2.80 bits per heavy atom. The van der Waals surface area contributed by atoms with Crippen LogP contribution in [0.5, 0.6) is 5.75 Å². The third kappa shape index (κ3) is 7.57. The number of nitrogens with zero attached hydrogens (tertiary/aromatic N) is 4. The van der Waals surface area contributed by atoms with Crippen molar-refractivity contribution >= 4 is 34.0 Å². The Labute approximate surface area is 235 Å². The molecule has 3 aromatic rings. The number of allylic oxidation sites excluding steroid dienone is 3. The van der Waals surface area contributed by atoms with Crippen LogP contribution in [0.3, 0.4) is 0 Å². The zero-order chi connectivity index (χ0) is 28.6. The summed E-state index contributed by atoms with van der Waals surface area (Å²) in [5.74, 6) is 6.59. The summed E-state index contributed by atoms with van der Waals surface area (Å²) in [6.07, 6.45) is 7.00. The van der Waals surface area contributed by atoms with Crippen LogP contribution in [0, 0.1) is 17.8 Å². The first kappa shape index (κ1) is 28.6. The van der Waals surface area contributed by atoms with Gasteiger partial charge < -0.3 is 10.5 Å². The van der Waals surface area contributed by atoms with Crippen LogP contribution in [0.1, 0.15) is 60.5 Å². The molecular weight excluding hydrogens is 534 g/mol. The summed E-state index contributed by atoms with van der Waals surface area (Å²) in [5.41, 5.74) is 7.66. The van der Waals surface area contributed by atoms with Crippen LogP contribution in [-0.2, 0) is 0 Å². The molecule has 206 valence electrons. The first-order valence-corrected chi connectivity index (χ1v) is 13.3. The predicted octanol–water partition coefficient (Wildman–Crippen LogP) is 6.46. The second-order valence-electron chi connectivity index (χ2n) is 9.04. The van der Waals surface area contributed by atoms with Crippen LogP contribution in [0.25, 0.3) is 11.1 Å². The Hall–Kier alpha value is -4.43. The van der Waals surface area contributed by atoms with Gasteiger partial charge in [-0.3, -0.25) is 10.1 Å². The van der Waals surface area contributed by atoms with Gasteiger partial charge in [0.15, 0.2) is 10.8 Å². The molecule has 1 amide bonds. The maximum Gasteiger partial charge on any atom is 0.263 e. The number of carbonyl (C=O) groups is 1. The summed E-state index contributed by atoms with van der Waals surface area (Å²) in [5, 5.41) is 11.4. The van der Waals surface area contributed by atoms with Crippen molar-refractivity contribution in [3.05, 3.63) is 70.4 Å². The van der Waals surface area contributed by atoms with Gasteiger partial charge in [-0.1, -0.05) is 35.0 Å². The number of nitrogens with one attached hydrogen (secondary N) is 1. The van der Waals surface area contributed by atoms with Crippen molar-refractivity contribution in [2.45, 2.75) is 39.5 Å². The van der Waals surface area contributed by atoms with Crippen LogP contribution < -0.4 is 15.8 Å². The van der Waals surface area contributed by atoms with Gasteiger partial charge in [0.1, 0.15) is 11.6 Å². The molecule has 8 nitrogen and oxygen atoms in total. The summed E-state index contributed by atoms with van der Waals surface area (Å²) in [6.45, 7) is 3.95. The van der Waals surface area contributed by atoms with Crippen LogP contribution in [0.4, 0.5) is 19.7 Å². The van der Waals surface area contributed by atoms with Crippen molar-refractivity contribution in [1.82, 2.24) is 15.2 Å². The highest BCUT2D eigenvalue weighted by Gasteiger charge is 2.21. The highest BCUT2D eigenvalue weighted by atomic mass is 32.1. The molecule has 0 saturated heterocycles. The predicted molar refractivity (Wildman–Crippen MR) is 153 cm³/mol. The number of hydrogen-bond donors (Lipinski definition) is 2. The first-order valence-electron chi connectivity index (χ1n) is 12.5. The largest absolute Gasteiger partial charge is 0.496 e. The van der Waals surface area contributed by atoms with Crippen molar-refractivity contribution in [3.63, 3.8) is 0 Å². The van der Waals surface area contributed by atoms with Crippen LogP contribution in [0.15, 0.2) is 59.3 Å². The van der Waals surface area contributed by atoms with Gasteiger partial charge in [-0.05, 0) is 69.4 Å². The van der Waals surface area contributed by atoms with Gasteiger partial charge in [-0.25, -0.2) is 18.8 Å². The van der Waals surface area contributed by atoms with E-state index in [0.717, 1.165) is 24.2 Å². The molecule has 1 fully saturated rings. The number of pyridine rings is 1. The fourth-order valence-electron chi connectivity index (χ4n) is 3.51. The normalized spacial score (nSPS) is 13.8. The number of hydrogen-bond acceptors (Lipinski definition) is 7. The highest BCUT2D eigenvalue weighted by molar-refractivity contribution is 7.15. The van der Waals surface area contributed by atoms with E-state index in [4.69, 9.17) is 10.5 Å². The number of amides is 1. The molecule has 0 spiro atoms. The number of alkyl halides is 2. The Balaban J connectivity index is 1.71. The van der Waals surface area contributed by atoms with E-state index in [1.165, 1.54) is 43.1 Å². The maximum atomic E-state index is 13.6. The van der Waals surface area contributed by atoms with E-state index in [0.29, 0.717) is 23.1 Å². The summed E-state index contributed by atoms with van der Waals surface area (Å²) >= 11 is 1.14. The van der Waals surface area contributed by atoms with Gasteiger partial charge in [-0.2, -0.15) is 0 Å². The Kier molecular flexibility index (Phi) is 9.35. The van der Waals surface area contributed by atoms with Crippen molar-refractivity contribution < 1.29 is 18.3 Å². The highest BCUT2D eigenvalue weighted by Crippen LogP contribution is 2.37. The molecule has 2 heterocycles. The van der Waals surface area contributed by atoms with Gasteiger partial charge in [0.25, 0.3) is 12.3 Å². The zero-order valence-electron chi connectivity index (χ0n) is 22.2. The van der Waals surface area contributed by atoms with E-state index in [-0.39, 0.29) is 39.0 Å². The van der Waals surface area contributed by atoms with E-state index in [1.807, 2.05) is 26.0 Å². The van der Waals surface area contributed by atoms with E-state index in [1.54, 1.807) is 6.08 Å². The minimum Gasteiger partial charge on any atom is -0.496 e. The molecule has 0 atom stereocenters. The number of carbonyl (C=O) groups excluding carboxylic acids is 1. The van der Waals surface area contributed by atoms with E-state index in [9.17, 15) is 13.6 Å². The van der Waals surface area contributed by atoms with Gasteiger partial charge in [-0.15, -0.1) is 10.2 Å². The molecular formula is C29H28F2N6O2S. The van der Waals surface area contributed by atoms with Gasteiger partial charge in [0.2, 0.25) is 5.13 Å². The monoisotopic (exact) mass is 562 g/mol. The average molecular weight is 563 g/mol. The number of rotatable bonds is 9. The van der Waals surface area contributed by atoms with Crippen molar-refractivity contribution in [3.8, 4) is 28.7 Å². The third-order valence-electron chi connectivity index (χ3n) is 5.97. The molecule has 11 heteroatoms. The second kappa shape index (κ2) is 13.1. The number of halogens is 2. The molecule has 0 unspecified atom stereocenters. The molecule has 3 N–H and O–H groups in total. The summed E-state index contributed by atoms with van der Waals surface area (Å²) in [6, 6.07) is 5.49. The SMILES string of the molecule is C/C=C(\C)C/C=C\C(N)=Nc1cc(-c2cc(C(F)F)ccc2OC)c(C(=O)Nc2nnc(C#CC3CC3)s2)cn1. The molecule has 4 rings (SSSR count). The van der Waals surface area contributed by atoms with Crippen LogP contribution >= 0.6 is 11.3 Å². The van der Waals surface area contributed by atoms with E-state index in [2.05, 4.69) is 37.3 Å². The fourth-order valence-corrected chi connectivity index (χ4v) is 4.11. The Morgan fingerprint density at radius 1 is 1.30 bits per heavy atom. The summed E-state index contributed by atoms with van der Waals surface area (Å²) in [7, 11) is 1.42. The minimum absolute atomic E-state index is 0.0994. The van der Waals surface area contributed by atoms with E-state index >= 15 is 0 Å². The zero-order valence-corrected chi connectivity index (χ0v) is 23.1. The lowest BCUT2D eigenvalue weighted by Crippen LogP contribution is -2.14. The standard InChI is InChI=1S/C29H28F2N6O2S/c1-4-17(2)6-5-7-24(32)34-25-15-20(21-14-19(27(30)31)11-12-23(21)39-3)22(16-33-25)28(38)35-29-37-36-26(40-29)13-10-18-8-9-18/h4-5,7,11-12,14-16,18,27H,6,8-9H2,1-3H3,(H2,32,33,34)(H,35,37,38)/b7-5-,17-4+. The maximum absolute atomic E-state index is 13.6. The average Bonchev–Trinajstić information content (AvgIpc) is 3.68. The Bertz CT molecular complexity index is 1550. The Morgan fingerprint density at radius 2 is 2.10 bits per heavy atom. The van der Waals surface area contributed by atoms with Crippen LogP contribution in [0.2, 0.25) is 0 Å². The topological polar surface area (TPSA) is 115 Å². The number of nitrogens with two attached hydrogens (primary N) is 1. The summed E-state index contributed by atoms with van der Waals surface area (Å²) in [4.78, 5) is 22.0. The van der Waals surface area contributed by atoms with Gasteiger partial charge in [0.05, 0.1) is 12.7 Å². The third-order valence-corrected chi connectivity index (χ3v) is 6.72. The summed E-state index contributed by atoms with van der Waals surface area (Å²) < 4.78 is 32.7. The van der Waals surface area contributed by atoms with Crippen molar-refractivity contribution in [2.75, 3.05) is 12.4 Å². The van der Waals surface area contributed by atoms with Gasteiger partial charge in [0, 0.05) is 28.8 Å². The smallest absolute Gasteiger partial charge is 0.263 e. The number of aliphatic imine (C=N–C) groups is 1. The van der Waals surface area contributed by atoms with Gasteiger partial charge >= 0.3 is 0 Å². The fraction of sp³-hybridized carbons (Fsp3) is 0.276. The van der Waals surface area contributed by atoms with Crippen molar-refractivity contribution in [1.29, 1.82) is 0 Å². The lowest BCUT2D eigenvalue weighted by atomic mass is 9.98. The lowest BCUT2D eigenvalue weighted by molar-refractivity contribution is 0.102. The number of amidine groups is 1. The number of anilines is 1. The van der Waals surface area contributed by atoms with Crippen molar-refractivity contribution in [2.24, 2.45) is 16.6 Å². The second-order valence-corrected chi connectivity index (χ2v) is 10.0. The quantitative estimate of drug-likeness (QED) is 0.134. The lowest BCUT2D eigenvalue weighted by Gasteiger charge is -2.14. The molecule has 2 aromatic heterocycles. The number of benzene rings is 1. The molecule has 1 aliphatic rings. The molecule has 1 saturated carbocycles. The van der Waals surface area contributed by atoms with E-state index < -0.39 is 12.3 Å². The first-order chi connectivity index (χ1) is 19.3. The number of methoxy groups -OCH3 is 1. The van der Waals surface area contributed by atoms with Crippen LogP contribution in [-0.4, -0.2) is 34.0 Å².